The molecule has 2 aromatic rings. The fourth-order valence-electron chi connectivity index (χ4n) is 1.75. The Bertz CT molecular complexity index is 558. The maximum absolute atomic E-state index is 8.64. The summed E-state index contributed by atoms with van der Waals surface area (Å²) in [5.41, 5.74) is 1.52. The summed E-state index contributed by atoms with van der Waals surface area (Å²) in [5.74, 6) is 0. The highest BCUT2D eigenvalue weighted by atomic mass is 16.4. The molecule has 6 heteroatoms. The van der Waals surface area contributed by atoms with Crippen LogP contribution in [0.5, 0.6) is 0 Å². The van der Waals surface area contributed by atoms with Crippen molar-refractivity contribution in [1.82, 2.24) is 0 Å². The minimum atomic E-state index is 0.504. The van der Waals surface area contributed by atoms with E-state index >= 15 is 0 Å². The Labute approximate surface area is 110 Å². The molecule has 0 radical (unpaired) electrons. The van der Waals surface area contributed by atoms with Crippen LogP contribution in [0.15, 0.2) is 59.1 Å². The van der Waals surface area contributed by atoms with E-state index in [4.69, 9.17) is 10.4 Å². The van der Waals surface area contributed by atoms with E-state index in [0.29, 0.717) is 6.67 Å². The summed E-state index contributed by atoms with van der Waals surface area (Å²) in [4.78, 5) is 0. The Morgan fingerprint density at radius 1 is 0.842 bits per heavy atom. The van der Waals surface area contributed by atoms with Crippen molar-refractivity contribution in [3.05, 3.63) is 60.2 Å². The van der Waals surface area contributed by atoms with E-state index in [1.54, 1.807) is 0 Å². The van der Waals surface area contributed by atoms with Crippen LogP contribution in [-0.2, 0) is 6.67 Å². The van der Waals surface area contributed by atoms with Gasteiger partial charge < -0.3 is 10.4 Å². The molecule has 2 rings (SSSR count). The smallest absolute Gasteiger partial charge is 0.344 e. The fraction of sp³-hybridized carbons (Fsp3) is 0.0769. The number of oxime groups is 2. The molecule has 0 unspecified atom stereocenters. The van der Waals surface area contributed by atoms with E-state index < -0.39 is 0 Å². The molecule has 0 saturated heterocycles. The maximum atomic E-state index is 8.64. The van der Waals surface area contributed by atoms with Gasteiger partial charge in [-0.05, 0) is 12.1 Å². The summed E-state index contributed by atoms with van der Waals surface area (Å²) < 4.78 is 3.79. The minimum Gasteiger partial charge on any atom is -0.411 e. The molecule has 0 aromatic carbocycles. The second kappa shape index (κ2) is 6.25. The molecule has 0 saturated carbocycles. The lowest BCUT2D eigenvalue weighted by Gasteiger charge is -1.98. The number of nitrogens with zero attached hydrogens (tertiary/aromatic N) is 4. The predicted octanol–water partition coefficient (Wildman–Crippen LogP) is 0.384. The molecule has 6 nitrogen and oxygen atoms in total. The average Bonchev–Trinajstić information content (AvgIpc) is 2.44. The Hall–Kier alpha value is -2.76. The SMILES string of the molecule is O/N=C/c1cccc[n+]1C[n+]1ccccc1/C=N/O. The minimum absolute atomic E-state index is 0.504. The summed E-state index contributed by atoms with van der Waals surface area (Å²) in [6.07, 6.45) is 6.47. The Morgan fingerprint density at radius 3 is 1.74 bits per heavy atom. The van der Waals surface area contributed by atoms with Crippen LogP contribution in [0.1, 0.15) is 11.4 Å². The van der Waals surface area contributed by atoms with Gasteiger partial charge in [0.05, 0.1) is 0 Å². The number of rotatable bonds is 4. The van der Waals surface area contributed by atoms with Crippen molar-refractivity contribution in [3.63, 3.8) is 0 Å². The van der Waals surface area contributed by atoms with Gasteiger partial charge in [-0.25, -0.2) is 0 Å². The van der Waals surface area contributed by atoms with Crippen molar-refractivity contribution >= 4 is 12.4 Å². The van der Waals surface area contributed by atoms with Gasteiger partial charge >= 0.3 is 6.67 Å². The quantitative estimate of drug-likeness (QED) is 0.360. The van der Waals surface area contributed by atoms with Gasteiger partial charge in [0.25, 0.3) is 0 Å². The molecule has 19 heavy (non-hydrogen) atoms. The number of pyridine rings is 2. The standard InChI is InChI=1S/C13H12N4O2/c18-14-9-12-5-1-3-7-16(12)11-17-8-4-2-6-13(17)10-15-19/h1-10H,11H2/p+2. The predicted molar refractivity (Wildman–Crippen MR) is 67.4 cm³/mol. The molecule has 0 bridgehead atoms. The third-order valence-corrected chi connectivity index (χ3v) is 2.64. The summed E-state index contributed by atoms with van der Waals surface area (Å²) in [6.45, 7) is 0.504. The Kier molecular flexibility index (Phi) is 4.17. The lowest BCUT2D eigenvalue weighted by Crippen LogP contribution is -2.55. The van der Waals surface area contributed by atoms with Crippen molar-refractivity contribution in [1.29, 1.82) is 0 Å². The van der Waals surface area contributed by atoms with Crippen LogP contribution in [-0.4, -0.2) is 22.8 Å². The molecule has 0 amide bonds. The molecule has 96 valence electrons. The number of aromatic nitrogens is 2. The number of hydrogen-bond donors (Lipinski definition) is 2. The van der Waals surface area contributed by atoms with Crippen molar-refractivity contribution < 1.29 is 19.5 Å². The van der Waals surface area contributed by atoms with Crippen molar-refractivity contribution in [2.45, 2.75) is 6.67 Å². The highest BCUT2D eigenvalue weighted by molar-refractivity contribution is 5.74. The first kappa shape index (κ1) is 12.7. The molecule has 0 aliphatic carbocycles. The first-order valence-electron chi connectivity index (χ1n) is 5.67. The molecule has 0 atom stereocenters. The highest BCUT2D eigenvalue weighted by Gasteiger charge is 2.15. The van der Waals surface area contributed by atoms with Crippen LogP contribution in [0.4, 0.5) is 0 Å². The zero-order valence-electron chi connectivity index (χ0n) is 10.2. The molecule has 0 spiro atoms. The largest absolute Gasteiger partial charge is 0.411 e. The third kappa shape index (κ3) is 3.12. The van der Waals surface area contributed by atoms with E-state index in [-0.39, 0.29) is 0 Å². The average molecular weight is 258 g/mol. The zero-order valence-corrected chi connectivity index (χ0v) is 10.2. The molecule has 0 fully saturated rings. The molecule has 2 heterocycles. The van der Waals surface area contributed by atoms with Crippen LogP contribution >= 0.6 is 0 Å². The summed E-state index contributed by atoms with van der Waals surface area (Å²) in [7, 11) is 0. The van der Waals surface area contributed by atoms with E-state index in [2.05, 4.69) is 10.3 Å². The Morgan fingerprint density at radius 2 is 1.32 bits per heavy atom. The van der Waals surface area contributed by atoms with Crippen molar-refractivity contribution in [3.8, 4) is 0 Å². The lowest BCUT2D eigenvalue weighted by atomic mass is 10.3. The van der Waals surface area contributed by atoms with Crippen LogP contribution in [0, 0.1) is 0 Å². The molecule has 2 aromatic heterocycles. The van der Waals surface area contributed by atoms with Gasteiger partial charge in [-0.15, -0.1) is 9.13 Å². The normalized spacial score (nSPS) is 11.4. The van der Waals surface area contributed by atoms with Crippen molar-refractivity contribution in [2.75, 3.05) is 0 Å². The topological polar surface area (TPSA) is 72.9 Å². The summed E-state index contributed by atoms with van der Waals surface area (Å²) >= 11 is 0. The molecular weight excluding hydrogens is 244 g/mol. The second-order valence-electron chi connectivity index (χ2n) is 3.82. The Balaban J connectivity index is 2.36. The van der Waals surface area contributed by atoms with E-state index in [1.807, 2.05) is 57.9 Å². The van der Waals surface area contributed by atoms with Crippen LogP contribution in [0.25, 0.3) is 0 Å². The first-order chi connectivity index (χ1) is 9.35. The van der Waals surface area contributed by atoms with Gasteiger partial charge in [-0.3, -0.25) is 0 Å². The molecule has 0 aliphatic rings. The van der Waals surface area contributed by atoms with Gasteiger partial charge in [-0.1, -0.05) is 10.3 Å². The van der Waals surface area contributed by atoms with Gasteiger partial charge in [-0.2, -0.15) is 0 Å². The van der Waals surface area contributed by atoms with Crippen LogP contribution in [0.3, 0.4) is 0 Å². The van der Waals surface area contributed by atoms with Gasteiger partial charge in [0.1, 0.15) is 12.4 Å². The number of hydrogen-bond acceptors (Lipinski definition) is 4. The van der Waals surface area contributed by atoms with Crippen LogP contribution < -0.4 is 9.13 Å². The van der Waals surface area contributed by atoms with Crippen LogP contribution in [0.2, 0.25) is 0 Å². The maximum Gasteiger partial charge on any atom is 0.344 e. The van der Waals surface area contributed by atoms with Gasteiger partial charge in [0, 0.05) is 24.3 Å². The summed E-state index contributed by atoms with van der Waals surface area (Å²) in [6, 6.07) is 11.2. The highest BCUT2D eigenvalue weighted by Crippen LogP contribution is 1.90. The van der Waals surface area contributed by atoms with E-state index in [1.165, 1.54) is 12.4 Å². The zero-order chi connectivity index (χ0) is 13.5. The fourth-order valence-corrected chi connectivity index (χ4v) is 1.75. The second-order valence-corrected chi connectivity index (χ2v) is 3.82. The molecular formula is C13H14N4O2+2. The third-order valence-electron chi connectivity index (χ3n) is 2.64. The van der Waals surface area contributed by atoms with E-state index in [0.717, 1.165) is 11.4 Å². The first-order valence-corrected chi connectivity index (χ1v) is 5.67. The molecule has 2 N–H and O–H groups in total. The summed E-state index contributed by atoms with van der Waals surface area (Å²) in [5, 5.41) is 23.4. The molecule has 0 aliphatic heterocycles. The monoisotopic (exact) mass is 258 g/mol. The van der Waals surface area contributed by atoms with Gasteiger partial charge in [0.15, 0.2) is 12.4 Å². The van der Waals surface area contributed by atoms with Gasteiger partial charge in [0.2, 0.25) is 11.4 Å². The van der Waals surface area contributed by atoms with E-state index in [9.17, 15) is 0 Å². The lowest BCUT2D eigenvalue weighted by molar-refractivity contribution is -0.913. The van der Waals surface area contributed by atoms with Crippen molar-refractivity contribution in [2.24, 2.45) is 10.3 Å².